The van der Waals surface area contributed by atoms with Crippen molar-refractivity contribution in [2.45, 2.75) is 26.7 Å². The number of hydrogen-bond donors (Lipinski definition) is 0. The number of hydrogen-bond acceptors (Lipinski definition) is 2. The number of benzene rings is 1. The molecule has 0 fully saturated rings. The summed E-state index contributed by atoms with van der Waals surface area (Å²) in [6.07, 6.45) is 0. The largest absolute Gasteiger partial charge is 0.297 e. The molecule has 2 heteroatoms. The van der Waals surface area contributed by atoms with E-state index in [1.165, 1.54) is 0 Å². The molecule has 15 heavy (non-hydrogen) atoms. The zero-order chi connectivity index (χ0) is 11.5. The summed E-state index contributed by atoms with van der Waals surface area (Å²) < 4.78 is 0. The first-order valence-electron chi connectivity index (χ1n) is 4.95. The molecule has 0 saturated heterocycles. The van der Waals surface area contributed by atoms with Gasteiger partial charge in [-0.15, -0.1) is 0 Å². The summed E-state index contributed by atoms with van der Waals surface area (Å²) >= 11 is 0. The molecule has 0 bridgehead atoms. The first-order chi connectivity index (χ1) is 6.96. The van der Waals surface area contributed by atoms with Gasteiger partial charge < -0.3 is 0 Å². The minimum Gasteiger partial charge on any atom is -0.297 e. The molecule has 78 valence electrons. The Morgan fingerprint density at radius 3 is 2.20 bits per heavy atom. The minimum absolute atomic E-state index is 0.0313. The molecule has 0 amide bonds. The highest BCUT2D eigenvalue weighted by Gasteiger charge is 2.30. The number of nitriles is 1. The monoisotopic (exact) mass is 201 g/mol. The third-order valence-electron chi connectivity index (χ3n) is 2.26. The van der Waals surface area contributed by atoms with Gasteiger partial charge in [0.15, 0.2) is 5.78 Å². The molecular weight excluding hydrogens is 186 g/mol. The van der Waals surface area contributed by atoms with Gasteiger partial charge in [0.2, 0.25) is 0 Å². The van der Waals surface area contributed by atoms with Crippen LogP contribution in [-0.4, -0.2) is 5.78 Å². The van der Waals surface area contributed by atoms with E-state index in [1.807, 2.05) is 51.1 Å². The Morgan fingerprint density at radius 2 is 1.80 bits per heavy atom. The number of carbonyl (C=O) groups excluding carboxylic acids is 1. The van der Waals surface area contributed by atoms with Gasteiger partial charge in [-0.1, -0.05) is 51.1 Å². The summed E-state index contributed by atoms with van der Waals surface area (Å²) in [7, 11) is 0. The summed E-state index contributed by atoms with van der Waals surface area (Å²) in [5, 5.41) is 9.04. The van der Waals surface area contributed by atoms with Crippen LogP contribution >= 0.6 is 0 Å². The number of Topliss-reactive ketones (excluding diaryl/α,β-unsaturated/α-hetero) is 1. The Labute approximate surface area is 90.5 Å². The van der Waals surface area contributed by atoms with Gasteiger partial charge in [-0.3, -0.25) is 4.79 Å². The van der Waals surface area contributed by atoms with E-state index in [2.05, 4.69) is 6.07 Å². The molecule has 0 radical (unpaired) electrons. The standard InChI is InChI=1S/C13H15NO/c1-13(2,3)12(15)11(9-14)10-7-5-4-6-8-10/h4-8,11H,1-3H3. The average Bonchev–Trinajstić information content (AvgIpc) is 2.19. The molecule has 1 atom stereocenters. The van der Waals surface area contributed by atoms with Crippen LogP contribution in [-0.2, 0) is 4.79 Å². The number of ketones is 1. The van der Waals surface area contributed by atoms with Crippen molar-refractivity contribution in [1.82, 2.24) is 0 Å². The number of rotatable bonds is 2. The van der Waals surface area contributed by atoms with Crippen LogP contribution in [0.25, 0.3) is 0 Å². The maximum atomic E-state index is 12.0. The van der Waals surface area contributed by atoms with Crippen molar-refractivity contribution >= 4 is 5.78 Å². The van der Waals surface area contributed by atoms with Gasteiger partial charge in [0.05, 0.1) is 6.07 Å². The lowest BCUT2D eigenvalue weighted by atomic mass is 9.80. The summed E-state index contributed by atoms with van der Waals surface area (Å²) in [5.41, 5.74) is 0.302. The Morgan fingerprint density at radius 1 is 1.27 bits per heavy atom. The molecule has 1 unspecified atom stereocenters. The zero-order valence-electron chi connectivity index (χ0n) is 9.32. The van der Waals surface area contributed by atoms with Gasteiger partial charge in [-0.05, 0) is 5.56 Å². The van der Waals surface area contributed by atoms with E-state index in [9.17, 15) is 4.79 Å². The maximum absolute atomic E-state index is 12.0. The normalized spacial score (nSPS) is 12.9. The molecular formula is C13H15NO. The average molecular weight is 201 g/mol. The van der Waals surface area contributed by atoms with Crippen LogP contribution in [0.15, 0.2) is 30.3 Å². The van der Waals surface area contributed by atoms with Crippen LogP contribution < -0.4 is 0 Å². The molecule has 0 spiro atoms. The molecule has 0 aliphatic heterocycles. The predicted octanol–water partition coefficient (Wildman–Crippen LogP) is 2.91. The quantitative estimate of drug-likeness (QED) is 0.738. The molecule has 0 heterocycles. The second kappa shape index (κ2) is 4.27. The smallest absolute Gasteiger partial charge is 0.159 e. The van der Waals surface area contributed by atoms with Gasteiger partial charge in [0.1, 0.15) is 5.92 Å². The molecule has 1 rings (SSSR count). The van der Waals surface area contributed by atoms with E-state index in [0.717, 1.165) is 5.56 Å². The van der Waals surface area contributed by atoms with E-state index in [0.29, 0.717) is 0 Å². The molecule has 0 aromatic heterocycles. The van der Waals surface area contributed by atoms with E-state index in [4.69, 9.17) is 5.26 Å². The highest BCUT2D eigenvalue weighted by Crippen LogP contribution is 2.26. The molecule has 2 nitrogen and oxygen atoms in total. The van der Waals surface area contributed by atoms with Crippen LogP contribution in [0.1, 0.15) is 32.3 Å². The van der Waals surface area contributed by atoms with Crippen LogP contribution in [0.4, 0.5) is 0 Å². The highest BCUT2D eigenvalue weighted by molar-refractivity contribution is 5.92. The lowest BCUT2D eigenvalue weighted by Crippen LogP contribution is -2.26. The number of carbonyl (C=O) groups is 1. The van der Waals surface area contributed by atoms with Crippen LogP contribution in [0, 0.1) is 16.7 Å². The Kier molecular flexibility index (Phi) is 3.26. The molecule has 1 aromatic rings. The fourth-order valence-corrected chi connectivity index (χ4v) is 1.36. The fraction of sp³-hybridized carbons (Fsp3) is 0.385. The fourth-order valence-electron chi connectivity index (χ4n) is 1.36. The first-order valence-corrected chi connectivity index (χ1v) is 4.95. The van der Waals surface area contributed by atoms with Gasteiger partial charge >= 0.3 is 0 Å². The van der Waals surface area contributed by atoms with E-state index < -0.39 is 11.3 Å². The SMILES string of the molecule is CC(C)(C)C(=O)C(C#N)c1ccccc1. The van der Waals surface area contributed by atoms with Crippen LogP contribution in [0.2, 0.25) is 0 Å². The first kappa shape index (κ1) is 11.5. The third-order valence-corrected chi connectivity index (χ3v) is 2.26. The Bertz CT molecular complexity index is 381. The topological polar surface area (TPSA) is 40.9 Å². The van der Waals surface area contributed by atoms with Crippen molar-refractivity contribution < 1.29 is 4.79 Å². The van der Waals surface area contributed by atoms with Crippen molar-refractivity contribution in [1.29, 1.82) is 5.26 Å². The molecule has 1 aromatic carbocycles. The van der Waals surface area contributed by atoms with Gasteiger partial charge in [-0.25, -0.2) is 0 Å². The maximum Gasteiger partial charge on any atom is 0.159 e. The Balaban J connectivity index is 3.03. The van der Waals surface area contributed by atoms with Crippen molar-refractivity contribution in [2.75, 3.05) is 0 Å². The summed E-state index contributed by atoms with van der Waals surface area (Å²) in [5.74, 6) is -0.678. The summed E-state index contributed by atoms with van der Waals surface area (Å²) in [6.45, 7) is 5.51. The van der Waals surface area contributed by atoms with E-state index in [-0.39, 0.29) is 5.78 Å². The van der Waals surface area contributed by atoms with Crippen LogP contribution in [0.5, 0.6) is 0 Å². The van der Waals surface area contributed by atoms with Crippen molar-refractivity contribution in [3.8, 4) is 6.07 Å². The number of nitrogens with zero attached hydrogens (tertiary/aromatic N) is 1. The van der Waals surface area contributed by atoms with Crippen molar-refractivity contribution in [3.63, 3.8) is 0 Å². The molecule has 0 saturated carbocycles. The summed E-state index contributed by atoms with van der Waals surface area (Å²) in [4.78, 5) is 12.0. The zero-order valence-corrected chi connectivity index (χ0v) is 9.32. The Hall–Kier alpha value is -1.62. The predicted molar refractivity (Wildman–Crippen MR) is 59.3 cm³/mol. The van der Waals surface area contributed by atoms with Crippen molar-refractivity contribution in [2.24, 2.45) is 5.41 Å². The van der Waals surface area contributed by atoms with E-state index >= 15 is 0 Å². The second-order valence-electron chi connectivity index (χ2n) is 4.59. The molecule has 0 aliphatic carbocycles. The molecule has 0 N–H and O–H groups in total. The lowest BCUT2D eigenvalue weighted by Gasteiger charge is -2.20. The van der Waals surface area contributed by atoms with Crippen LogP contribution in [0.3, 0.4) is 0 Å². The molecule has 0 aliphatic rings. The minimum atomic E-state index is -0.647. The van der Waals surface area contributed by atoms with E-state index in [1.54, 1.807) is 0 Å². The van der Waals surface area contributed by atoms with Gasteiger partial charge in [0.25, 0.3) is 0 Å². The highest BCUT2D eigenvalue weighted by atomic mass is 16.1. The second-order valence-corrected chi connectivity index (χ2v) is 4.59. The summed E-state index contributed by atoms with van der Waals surface area (Å²) in [6, 6.07) is 11.3. The van der Waals surface area contributed by atoms with Crippen molar-refractivity contribution in [3.05, 3.63) is 35.9 Å². The van der Waals surface area contributed by atoms with Gasteiger partial charge in [-0.2, -0.15) is 5.26 Å². The third kappa shape index (κ3) is 2.66. The van der Waals surface area contributed by atoms with Gasteiger partial charge in [0, 0.05) is 5.41 Å². The lowest BCUT2D eigenvalue weighted by molar-refractivity contribution is -0.126.